The van der Waals surface area contributed by atoms with E-state index < -0.39 is 0 Å². The van der Waals surface area contributed by atoms with Crippen molar-refractivity contribution in [1.29, 1.82) is 0 Å². The molecule has 94 valence electrons. The standard InChI is InChI=1S/C13H16N4S/c1-2-4-10-9(3-1)16-13-15-6-5-11(17(10)13)12-14-7-8-18-12/h7-8,11H,1-6H2,(H,15,16). The van der Waals surface area contributed by atoms with Crippen molar-refractivity contribution in [2.75, 3.05) is 11.9 Å². The molecule has 1 aliphatic heterocycles. The molecule has 0 aromatic carbocycles. The number of aryl methyl sites for hydroxylation is 1. The summed E-state index contributed by atoms with van der Waals surface area (Å²) < 4.78 is 2.41. The molecular weight excluding hydrogens is 244 g/mol. The second kappa shape index (κ2) is 4.09. The average Bonchev–Trinajstić information content (AvgIpc) is 3.05. The molecule has 4 nitrogen and oxygen atoms in total. The summed E-state index contributed by atoms with van der Waals surface area (Å²) in [6.45, 7) is 1.00. The number of nitrogens with zero attached hydrogens (tertiary/aromatic N) is 3. The highest BCUT2D eigenvalue weighted by atomic mass is 32.1. The maximum atomic E-state index is 4.78. The fourth-order valence-electron chi connectivity index (χ4n) is 3.11. The van der Waals surface area contributed by atoms with Crippen molar-refractivity contribution in [2.24, 2.45) is 0 Å². The summed E-state index contributed by atoms with van der Waals surface area (Å²) in [7, 11) is 0. The zero-order valence-corrected chi connectivity index (χ0v) is 11.0. The molecule has 0 radical (unpaired) electrons. The highest BCUT2D eigenvalue weighted by Gasteiger charge is 2.29. The number of hydrogen-bond acceptors (Lipinski definition) is 4. The van der Waals surface area contributed by atoms with Crippen molar-refractivity contribution in [1.82, 2.24) is 14.5 Å². The Labute approximate surface area is 110 Å². The predicted octanol–water partition coefficient (Wildman–Crippen LogP) is 2.62. The average molecular weight is 260 g/mol. The second-order valence-electron chi connectivity index (χ2n) is 5.01. The van der Waals surface area contributed by atoms with Crippen LogP contribution < -0.4 is 5.32 Å². The molecule has 0 saturated carbocycles. The quantitative estimate of drug-likeness (QED) is 0.857. The first kappa shape index (κ1) is 10.6. The molecule has 1 N–H and O–H groups in total. The fourth-order valence-corrected chi connectivity index (χ4v) is 3.87. The Hall–Kier alpha value is -1.36. The molecule has 4 rings (SSSR count). The maximum absolute atomic E-state index is 4.78. The zero-order chi connectivity index (χ0) is 11.9. The number of anilines is 1. The lowest BCUT2D eigenvalue weighted by atomic mass is 10.0. The van der Waals surface area contributed by atoms with Crippen LogP contribution in [0.5, 0.6) is 0 Å². The van der Waals surface area contributed by atoms with Crippen molar-refractivity contribution >= 4 is 17.3 Å². The molecule has 1 aliphatic carbocycles. The molecule has 0 amide bonds. The number of hydrogen-bond donors (Lipinski definition) is 1. The Morgan fingerprint density at radius 1 is 1.33 bits per heavy atom. The van der Waals surface area contributed by atoms with E-state index >= 15 is 0 Å². The number of thiazole rings is 1. The number of fused-ring (bicyclic) bond motifs is 3. The number of rotatable bonds is 1. The van der Waals surface area contributed by atoms with E-state index in [1.165, 1.54) is 35.7 Å². The molecule has 2 aliphatic rings. The first-order valence-electron chi connectivity index (χ1n) is 6.67. The molecule has 2 aromatic rings. The van der Waals surface area contributed by atoms with Crippen LogP contribution >= 0.6 is 11.3 Å². The van der Waals surface area contributed by atoms with Crippen LogP contribution in [0.3, 0.4) is 0 Å². The van der Waals surface area contributed by atoms with E-state index in [0.717, 1.165) is 25.3 Å². The van der Waals surface area contributed by atoms with Crippen LogP contribution in [0.25, 0.3) is 0 Å². The lowest BCUT2D eigenvalue weighted by molar-refractivity contribution is 0.499. The van der Waals surface area contributed by atoms with Crippen molar-refractivity contribution < 1.29 is 0 Å². The predicted molar refractivity (Wildman–Crippen MR) is 72.2 cm³/mol. The van der Waals surface area contributed by atoms with Crippen molar-refractivity contribution in [3.63, 3.8) is 0 Å². The van der Waals surface area contributed by atoms with Crippen LogP contribution in [0.4, 0.5) is 5.95 Å². The summed E-state index contributed by atoms with van der Waals surface area (Å²) in [4.78, 5) is 9.29. The van der Waals surface area contributed by atoms with Crippen LogP contribution in [0.15, 0.2) is 11.6 Å². The minimum atomic E-state index is 0.399. The van der Waals surface area contributed by atoms with Gasteiger partial charge in [0.25, 0.3) is 0 Å². The summed E-state index contributed by atoms with van der Waals surface area (Å²) in [5.74, 6) is 1.06. The van der Waals surface area contributed by atoms with Crippen LogP contribution in [0, 0.1) is 0 Å². The molecule has 1 unspecified atom stereocenters. The van der Waals surface area contributed by atoms with Gasteiger partial charge in [-0.15, -0.1) is 11.3 Å². The lowest BCUT2D eigenvalue weighted by Crippen LogP contribution is -2.25. The second-order valence-corrected chi connectivity index (χ2v) is 5.93. The molecule has 18 heavy (non-hydrogen) atoms. The van der Waals surface area contributed by atoms with E-state index in [4.69, 9.17) is 4.98 Å². The summed E-state index contributed by atoms with van der Waals surface area (Å²) in [6, 6.07) is 0.399. The largest absolute Gasteiger partial charge is 0.356 e. The number of imidazole rings is 1. The van der Waals surface area contributed by atoms with E-state index in [9.17, 15) is 0 Å². The molecule has 0 bridgehead atoms. The Balaban J connectivity index is 1.85. The summed E-state index contributed by atoms with van der Waals surface area (Å²) in [6.07, 6.45) is 7.91. The lowest BCUT2D eigenvalue weighted by Gasteiger charge is -2.27. The third kappa shape index (κ3) is 1.50. The third-order valence-corrected chi connectivity index (χ3v) is 4.80. The van der Waals surface area contributed by atoms with E-state index in [0.29, 0.717) is 6.04 Å². The molecule has 0 fully saturated rings. The number of aromatic nitrogens is 3. The molecule has 3 heterocycles. The molecule has 0 spiro atoms. The fraction of sp³-hybridized carbons (Fsp3) is 0.538. The topological polar surface area (TPSA) is 42.7 Å². The Morgan fingerprint density at radius 3 is 3.17 bits per heavy atom. The van der Waals surface area contributed by atoms with Gasteiger partial charge in [0.1, 0.15) is 5.01 Å². The molecule has 0 saturated heterocycles. The monoisotopic (exact) mass is 260 g/mol. The van der Waals surface area contributed by atoms with E-state index in [1.54, 1.807) is 11.3 Å². The zero-order valence-electron chi connectivity index (χ0n) is 10.2. The van der Waals surface area contributed by atoms with E-state index in [-0.39, 0.29) is 0 Å². The van der Waals surface area contributed by atoms with Crippen LogP contribution in [0.2, 0.25) is 0 Å². The highest BCUT2D eigenvalue weighted by Crippen LogP contribution is 2.35. The van der Waals surface area contributed by atoms with Gasteiger partial charge in [0.2, 0.25) is 5.95 Å². The molecule has 2 aromatic heterocycles. The van der Waals surface area contributed by atoms with Gasteiger partial charge in [0.15, 0.2) is 0 Å². The van der Waals surface area contributed by atoms with Crippen molar-refractivity contribution in [3.8, 4) is 0 Å². The first-order valence-corrected chi connectivity index (χ1v) is 7.54. The third-order valence-electron chi connectivity index (χ3n) is 3.92. The normalized spacial score (nSPS) is 22.1. The Bertz CT molecular complexity index is 558. The number of nitrogens with one attached hydrogen (secondary N) is 1. The minimum Gasteiger partial charge on any atom is -0.356 e. The summed E-state index contributed by atoms with van der Waals surface area (Å²) in [5, 5.41) is 6.74. The van der Waals surface area contributed by atoms with E-state index in [1.807, 2.05) is 6.20 Å². The molecule has 1 atom stereocenters. The smallest absolute Gasteiger partial charge is 0.203 e. The van der Waals surface area contributed by atoms with Crippen molar-refractivity contribution in [2.45, 2.75) is 38.1 Å². The van der Waals surface area contributed by atoms with Gasteiger partial charge < -0.3 is 9.88 Å². The maximum Gasteiger partial charge on any atom is 0.203 e. The van der Waals surface area contributed by atoms with Crippen LogP contribution in [-0.2, 0) is 12.8 Å². The van der Waals surface area contributed by atoms with Gasteiger partial charge in [-0.25, -0.2) is 9.97 Å². The molecular formula is C13H16N4S. The summed E-state index contributed by atoms with van der Waals surface area (Å²) >= 11 is 1.76. The SMILES string of the molecule is c1csc(C2CCNc3nc4c(n32)CCCC4)n1. The van der Waals surface area contributed by atoms with Gasteiger partial charge in [-0.1, -0.05) is 0 Å². The minimum absolute atomic E-state index is 0.399. The van der Waals surface area contributed by atoms with Gasteiger partial charge in [-0.2, -0.15) is 0 Å². The molecule has 5 heteroatoms. The Kier molecular flexibility index (Phi) is 2.40. The first-order chi connectivity index (χ1) is 8.93. The van der Waals surface area contributed by atoms with Gasteiger partial charge in [0.05, 0.1) is 11.7 Å². The van der Waals surface area contributed by atoms with Crippen molar-refractivity contribution in [3.05, 3.63) is 28.0 Å². The van der Waals surface area contributed by atoms with Gasteiger partial charge in [-0.3, -0.25) is 0 Å². The van der Waals surface area contributed by atoms with Gasteiger partial charge >= 0.3 is 0 Å². The van der Waals surface area contributed by atoms with Crippen LogP contribution in [0.1, 0.15) is 41.7 Å². The van der Waals surface area contributed by atoms with E-state index in [2.05, 4.69) is 20.2 Å². The Morgan fingerprint density at radius 2 is 2.28 bits per heavy atom. The summed E-state index contributed by atoms with van der Waals surface area (Å²) in [5.41, 5.74) is 2.76. The van der Waals surface area contributed by atoms with Crippen LogP contribution in [-0.4, -0.2) is 21.1 Å². The van der Waals surface area contributed by atoms with Gasteiger partial charge in [-0.05, 0) is 32.1 Å². The highest BCUT2D eigenvalue weighted by molar-refractivity contribution is 7.09. The van der Waals surface area contributed by atoms with Gasteiger partial charge in [0, 0.05) is 23.8 Å².